The number of aryl methyl sites for hydroxylation is 2. The van der Waals surface area contributed by atoms with E-state index in [0.29, 0.717) is 0 Å². The maximum Gasteiger partial charge on any atom is -0.0302 e. The minimum Gasteiger partial charge on any atom is -0.0613 e. The Labute approximate surface area is 94.7 Å². The molecular weight excluding hydrogens is 180 g/mol. The lowest BCUT2D eigenvalue weighted by molar-refractivity contribution is 0.933. The van der Waals surface area contributed by atoms with Crippen molar-refractivity contribution in [2.45, 2.75) is 60.3 Å². The fraction of sp³-hybridized carbons (Fsp3) is 0.600. The van der Waals surface area contributed by atoms with E-state index in [1.165, 1.54) is 31.2 Å². The summed E-state index contributed by atoms with van der Waals surface area (Å²) in [6.45, 7) is 11.4. The van der Waals surface area contributed by atoms with Gasteiger partial charge in [0.2, 0.25) is 0 Å². The first-order valence-electron chi connectivity index (χ1n) is 6.32. The Kier molecular flexibility index (Phi) is 4.38. The van der Waals surface area contributed by atoms with Crippen molar-refractivity contribution >= 4 is 0 Å². The van der Waals surface area contributed by atoms with E-state index >= 15 is 0 Å². The smallest absolute Gasteiger partial charge is 0.0302 e. The van der Waals surface area contributed by atoms with E-state index in [9.17, 15) is 0 Å². The predicted octanol–water partition coefficient (Wildman–Crippen LogP) is 4.24. The minimum absolute atomic E-state index is 1.17. The molecule has 0 amide bonds. The second-order valence-electron chi connectivity index (χ2n) is 4.20. The van der Waals surface area contributed by atoms with Crippen molar-refractivity contribution in [3.63, 3.8) is 0 Å². The van der Waals surface area contributed by atoms with Crippen molar-refractivity contribution in [2.75, 3.05) is 0 Å². The van der Waals surface area contributed by atoms with E-state index in [1.54, 1.807) is 22.3 Å². The lowest BCUT2D eigenvalue weighted by atomic mass is 9.87. The Morgan fingerprint density at radius 1 is 0.733 bits per heavy atom. The van der Waals surface area contributed by atoms with Crippen molar-refractivity contribution in [3.8, 4) is 0 Å². The Balaban J connectivity index is 3.44. The van der Waals surface area contributed by atoms with Gasteiger partial charge < -0.3 is 0 Å². The van der Waals surface area contributed by atoms with Crippen LogP contribution in [0.15, 0.2) is 6.07 Å². The summed E-state index contributed by atoms with van der Waals surface area (Å²) in [4.78, 5) is 0. The van der Waals surface area contributed by atoms with E-state index < -0.39 is 0 Å². The Morgan fingerprint density at radius 2 is 1.27 bits per heavy atom. The molecule has 0 N–H and O–H groups in total. The molecule has 0 saturated carbocycles. The van der Waals surface area contributed by atoms with Gasteiger partial charge in [0.1, 0.15) is 0 Å². The second-order valence-corrected chi connectivity index (χ2v) is 4.20. The van der Waals surface area contributed by atoms with E-state index in [2.05, 4.69) is 40.7 Å². The molecule has 0 aliphatic rings. The molecule has 15 heavy (non-hydrogen) atoms. The van der Waals surface area contributed by atoms with Gasteiger partial charge in [0.05, 0.1) is 0 Å². The SMILES string of the molecule is CCc1cc(C)c(CC)c(CC)c1CC. The van der Waals surface area contributed by atoms with E-state index in [1.807, 2.05) is 0 Å². The summed E-state index contributed by atoms with van der Waals surface area (Å²) in [5.74, 6) is 0. The fourth-order valence-corrected chi connectivity index (χ4v) is 2.72. The molecule has 0 fully saturated rings. The van der Waals surface area contributed by atoms with Crippen molar-refractivity contribution < 1.29 is 0 Å². The van der Waals surface area contributed by atoms with Gasteiger partial charge >= 0.3 is 0 Å². The molecule has 1 aromatic rings. The molecule has 0 atom stereocenters. The van der Waals surface area contributed by atoms with Crippen LogP contribution in [0.1, 0.15) is 55.5 Å². The molecule has 0 saturated heterocycles. The maximum atomic E-state index is 2.40. The Hall–Kier alpha value is -0.780. The molecule has 1 rings (SSSR count). The summed E-state index contributed by atoms with van der Waals surface area (Å²) in [5, 5.41) is 0. The van der Waals surface area contributed by atoms with Crippen molar-refractivity contribution in [1.29, 1.82) is 0 Å². The molecule has 0 heterocycles. The molecule has 0 unspecified atom stereocenters. The molecule has 1 aromatic carbocycles. The molecule has 0 spiro atoms. The first kappa shape index (κ1) is 12.3. The molecule has 0 nitrogen and oxygen atoms in total. The fourth-order valence-electron chi connectivity index (χ4n) is 2.72. The molecule has 0 bridgehead atoms. The molecule has 0 radical (unpaired) electrons. The van der Waals surface area contributed by atoms with Gasteiger partial charge in [-0.1, -0.05) is 33.8 Å². The summed E-state index contributed by atoms with van der Waals surface area (Å²) < 4.78 is 0. The van der Waals surface area contributed by atoms with Crippen LogP contribution in [0.4, 0.5) is 0 Å². The predicted molar refractivity (Wildman–Crippen MR) is 68.7 cm³/mol. The lowest BCUT2D eigenvalue weighted by Gasteiger charge is -2.18. The number of hydrogen-bond acceptors (Lipinski definition) is 0. The van der Waals surface area contributed by atoms with Gasteiger partial charge in [-0.15, -0.1) is 0 Å². The van der Waals surface area contributed by atoms with Gasteiger partial charge in [0, 0.05) is 0 Å². The van der Waals surface area contributed by atoms with Crippen LogP contribution < -0.4 is 0 Å². The zero-order valence-electron chi connectivity index (χ0n) is 10.9. The van der Waals surface area contributed by atoms with Gasteiger partial charge in [0.25, 0.3) is 0 Å². The minimum atomic E-state index is 1.17. The number of rotatable bonds is 4. The van der Waals surface area contributed by atoms with E-state index in [4.69, 9.17) is 0 Å². The molecular formula is C15H24. The zero-order valence-corrected chi connectivity index (χ0v) is 10.9. The van der Waals surface area contributed by atoms with Crippen molar-refractivity contribution in [1.82, 2.24) is 0 Å². The van der Waals surface area contributed by atoms with Crippen LogP contribution in [0.5, 0.6) is 0 Å². The summed E-state index contributed by atoms with van der Waals surface area (Å²) in [5.41, 5.74) is 7.87. The molecule has 84 valence electrons. The molecule has 0 heteroatoms. The normalized spacial score (nSPS) is 10.7. The standard InChI is InChI=1S/C15H24/c1-6-12-10-11(5)13(7-2)15(9-4)14(12)8-3/h10H,6-9H2,1-5H3. The van der Waals surface area contributed by atoms with E-state index in [-0.39, 0.29) is 0 Å². The van der Waals surface area contributed by atoms with Gasteiger partial charge in [0.15, 0.2) is 0 Å². The molecule has 0 aliphatic heterocycles. The second kappa shape index (κ2) is 5.34. The number of benzene rings is 1. The first-order chi connectivity index (χ1) is 7.19. The van der Waals surface area contributed by atoms with Crippen LogP contribution in [-0.2, 0) is 25.7 Å². The zero-order chi connectivity index (χ0) is 11.4. The third kappa shape index (κ3) is 2.25. The first-order valence-corrected chi connectivity index (χ1v) is 6.32. The van der Waals surface area contributed by atoms with Crippen molar-refractivity contribution in [2.24, 2.45) is 0 Å². The third-order valence-electron chi connectivity index (χ3n) is 3.42. The van der Waals surface area contributed by atoms with Crippen LogP contribution in [0.2, 0.25) is 0 Å². The maximum absolute atomic E-state index is 2.40. The van der Waals surface area contributed by atoms with Gasteiger partial charge in [-0.05, 0) is 60.4 Å². The highest BCUT2D eigenvalue weighted by atomic mass is 14.2. The molecule has 0 aromatic heterocycles. The monoisotopic (exact) mass is 204 g/mol. The van der Waals surface area contributed by atoms with Gasteiger partial charge in [-0.3, -0.25) is 0 Å². The molecule has 0 aliphatic carbocycles. The van der Waals surface area contributed by atoms with Crippen LogP contribution in [0, 0.1) is 6.92 Å². The summed E-state index contributed by atoms with van der Waals surface area (Å²) >= 11 is 0. The highest BCUT2D eigenvalue weighted by molar-refractivity contribution is 5.46. The summed E-state index contributed by atoms with van der Waals surface area (Å²) in [7, 11) is 0. The topological polar surface area (TPSA) is 0 Å². The largest absolute Gasteiger partial charge is 0.0613 e. The summed E-state index contributed by atoms with van der Waals surface area (Å²) in [6.07, 6.45) is 4.70. The van der Waals surface area contributed by atoms with Crippen LogP contribution in [0.3, 0.4) is 0 Å². The third-order valence-corrected chi connectivity index (χ3v) is 3.42. The van der Waals surface area contributed by atoms with Crippen LogP contribution in [0.25, 0.3) is 0 Å². The average Bonchev–Trinajstić information content (AvgIpc) is 2.27. The van der Waals surface area contributed by atoms with Gasteiger partial charge in [-0.25, -0.2) is 0 Å². The van der Waals surface area contributed by atoms with Crippen LogP contribution >= 0.6 is 0 Å². The average molecular weight is 204 g/mol. The highest BCUT2D eigenvalue weighted by Crippen LogP contribution is 2.25. The van der Waals surface area contributed by atoms with Crippen LogP contribution in [-0.4, -0.2) is 0 Å². The quantitative estimate of drug-likeness (QED) is 0.688. The highest BCUT2D eigenvalue weighted by Gasteiger charge is 2.11. The Bertz CT molecular complexity index is 334. The number of hydrogen-bond donors (Lipinski definition) is 0. The van der Waals surface area contributed by atoms with Gasteiger partial charge in [-0.2, -0.15) is 0 Å². The Morgan fingerprint density at radius 3 is 1.67 bits per heavy atom. The van der Waals surface area contributed by atoms with E-state index in [0.717, 1.165) is 0 Å². The lowest BCUT2D eigenvalue weighted by Crippen LogP contribution is -2.04. The van der Waals surface area contributed by atoms with Crippen molar-refractivity contribution in [3.05, 3.63) is 33.9 Å². The summed E-state index contributed by atoms with van der Waals surface area (Å²) in [6, 6.07) is 2.40.